The summed E-state index contributed by atoms with van der Waals surface area (Å²) in [5, 5.41) is 6.24. The Labute approximate surface area is 135 Å². The van der Waals surface area contributed by atoms with Crippen molar-refractivity contribution in [2.24, 2.45) is 5.92 Å². The Balaban J connectivity index is 1.87. The molecule has 0 saturated heterocycles. The van der Waals surface area contributed by atoms with E-state index in [1.807, 2.05) is 30.3 Å². The smallest absolute Gasteiger partial charge is 0.275 e. The summed E-state index contributed by atoms with van der Waals surface area (Å²) < 4.78 is 5.38. The summed E-state index contributed by atoms with van der Waals surface area (Å²) in [5.41, 5.74) is 1.26. The summed E-state index contributed by atoms with van der Waals surface area (Å²) >= 11 is 0. The fraction of sp³-hybridized carbons (Fsp3) is 0.263. The van der Waals surface area contributed by atoms with E-state index in [4.69, 9.17) is 4.52 Å². The third-order valence-corrected chi connectivity index (χ3v) is 3.75. The molecule has 0 unspecified atom stereocenters. The van der Waals surface area contributed by atoms with Crippen molar-refractivity contribution < 1.29 is 9.32 Å². The van der Waals surface area contributed by atoms with Crippen LogP contribution in [-0.2, 0) is 0 Å². The second kappa shape index (κ2) is 6.24. The monoisotopic (exact) mass is 308 g/mol. The zero-order chi connectivity index (χ0) is 16.4. The molecule has 3 aromatic rings. The van der Waals surface area contributed by atoms with Crippen molar-refractivity contribution in [3.05, 3.63) is 54.2 Å². The van der Waals surface area contributed by atoms with Crippen molar-refractivity contribution >= 4 is 16.7 Å². The van der Waals surface area contributed by atoms with Gasteiger partial charge in [-0.05, 0) is 22.8 Å². The van der Waals surface area contributed by atoms with Gasteiger partial charge in [-0.3, -0.25) is 4.79 Å². The Hall–Kier alpha value is -2.62. The molecule has 118 valence electrons. The first-order valence-electron chi connectivity index (χ1n) is 7.76. The molecule has 0 saturated carbocycles. The molecule has 0 aliphatic carbocycles. The number of carbonyl (C=O) groups excluding carboxylic acids is 1. The standard InChI is InChI=1S/C19H20N2O2/c1-13(2)12-21(3)19(22)17-11-18(23-20-17)16-9-8-14-6-4-5-7-15(14)10-16/h4-11,13H,12H2,1-3H3. The minimum absolute atomic E-state index is 0.116. The molecule has 0 fully saturated rings. The third-order valence-electron chi connectivity index (χ3n) is 3.75. The zero-order valence-electron chi connectivity index (χ0n) is 13.6. The van der Waals surface area contributed by atoms with Gasteiger partial charge in [0.1, 0.15) is 0 Å². The van der Waals surface area contributed by atoms with E-state index < -0.39 is 0 Å². The Morgan fingerprint density at radius 3 is 2.61 bits per heavy atom. The van der Waals surface area contributed by atoms with Crippen LogP contribution in [0.25, 0.3) is 22.1 Å². The van der Waals surface area contributed by atoms with Gasteiger partial charge in [-0.25, -0.2) is 0 Å². The van der Waals surface area contributed by atoms with Crippen LogP contribution in [0.5, 0.6) is 0 Å². The molecule has 1 heterocycles. The maximum Gasteiger partial charge on any atom is 0.275 e. The normalized spacial score (nSPS) is 11.1. The molecular weight excluding hydrogens is 288 g/mol. The molecule has 1 aromatic heterocycles. The van der Waals surface area contributed by atoms with Gasteiger partial charge >= 0.3 is 0 Å². The van der Waals surface area contributed by atoms with Crippen molar-refractivity contribution in [2.75, 3.05) is 13.6 Å². The summed E-state index contributed by atoms with van der Waals surface area (Å²) in [5.74, 6) is 0.905. The molecule has 23 heavy (non-hydrogen) atoms. The van der Waals surface area contributed by atoms with Crippen molar-refractivity contribution in [1.29, 1.82) is 0 Å². The molecule has 3 rings (SSSR count). The molecule has 0 spiro atoms. The van der Waals surface area contributed by atoms with Crippen LogP contribution in [0.1, 0.15) is 24.3 Å². The second-order valence-corrected chi connectivity index (χ2v) is 6.22. The van der Waals surface area contributed by atoms with E-state index in [0.717, 1.165) is 10.9 Å². The molecule has 0 atom stereocenters. The number of hydrogen-bond acceptors (Lipinski definition) is 3. The molecular formula is C19H20N2O2. The van der Waals surface area contributed by atoms with Crippen molar-refractivity contribution in [3.63, 3.8) is 0 Å². The van der Waals surface area contributed by atoms with Crippen LogP contribution in [0, 0.1) is 5.92 Å². The van der Waals surface area contributed by atoms with Gasteiger partial charge in [0.15, 0.2) is 11.5 Å². The first kappa shape index (κ1) is 15.3. The molecule has 1 amide bonds. The topological polar surface area (TPSA) is 46.3 Å². The van der Waals surface area contributed by atoms with Gasteiger partial charge in [0.25, 0.3) is 5.91 Å². The molecule has 4 nitrogen and oxygen atoms in total. The molecule has 0 radical (unpaired) electrons. The zero-order valence-corrected chi connectivity index (χ0v) is 13.6. The van der Waals surface area contributed by atoms with E-state index in [9.17, 15) is 4.79 Å². The van der Waals surface area contributed by atoms with E-state index >= 15 is 0 Å². The lowest BCUT2D eigenvalue weighted by molar-refractivity contribution is 0.0769. The SMILES string of the molecule is CC(C)CN(C)C(=O)c1cc(-c2ccc3ccccc3c2)on1. The molecule has 2 aromatic carbocycles. The Morgan fingerprint density at radius 1 is 1.13 bits per heavy atom. The highest BCUT2D eigenvalue weighted by Crippen LogP contribution is 2.25. The molecule has 0 bridgehead atoms. The average Bonchev–Trinajstić information content (AvgIpc) is 3.03. The van der Waals surface area contributed by atoms with Crippen LogP contribution < -0.4 is 0 Å². The van der Waals surface area contributed by atoms with Gasteiger partial charge in [0, 0.05) is 25.2 Å². The van der Waals surface area contributed by atoms with Gasteiger partial charge < -0.3 is 9.42 Å². The summed E-state index contributed by atoms with van der Waals surface area (Å²) in [6, 6.07) is 15.9. The lowest BCUT2D eigenvalue weighted by Crippen LogP contribution is -2.30. The lowest BCUT2D eigenvalue weighted by Gasteiger charge is -2.17. The minimum atomic E-state index is -0.116. The summed E-state index contributed by atoms with van der Waals surface area (Å²) in [7, 11) is 1.78. The second-order valence-electron chi connectivity index (χ2n) is 6.22. The fourth-order valence-electron chi connectivity index (χ4n) is 2.68. The Kier molecular flexibility index (Phi) is 4.15. The average molecular weight is 308 g/mol. The first-order valence-corrected chi connectivity index (χ1v) is 7.76. The maximum atomic E-state index is 12.3. The van der Waals surface area contributed by atoms with E-state index in [0.29, 0.717) is 23.9 Å². The number of benzene rings is 2. The summed E-state index contributed by atoms with van der Waals surface area (Å²) in [6.07, 6.45) is 0. The van der Waals surface area contributed by atoms with Crippen molar-refractivity contribution in [3.8, 4) is 11.3 Å². The highest BCUT2D eigenvalue weighted by atomic mass is 16.5. The van der Waals surface area contributed by atoms with Crippen molar-refractivity contribution in [1.82, 2.24) is 10.1 Å². The van der Waals surface area contributed by atoms with E-state index in [1.54, 1.807) is 18.0 Å². The van der Waals surface area contributed by atoms with Crippen LogP contribution in [0.4, 0.5) is 0 Å². The van der Waals surface area contributed by atoms with Crippen LogP contribution in [0.2, 0.25) is 0 Å². The third kappa shape index (κ3) is 3.26. The number of fused-ring (bicyclic) bond motifs is 1. The summed E-state index contributed by atoms with van der Waals surface area (Å²) in [6.45, 7) is 4.84. The van der Waals surface area contributed by atoms with E-state index in [2.05, 4.69) is 31.1 Å². The highest BCUT2D eigenvalue weighted by Gasteiger charge is 2.18. The van der Waals surface area contributed by atoms with Gasteiger partial charge in [-0.15, -0.1) is 0 Å². The lowest BCUT2D eigenvalue weighted by atomic mass is 10.1. The summed E-state index contributed by atoms with van der Waals surface area (Å²) in [4.78, 5) is 14.0. The van der Waals surface area contributed by atoms with Crippen LogP contribution in [0.3, 0.4) is 0 Å². The van der Waals surface area contributed by atoms with Crippen LogP contribution in [-0.4, -0.2) is 29.6 Å². The van der Waals surface area contributed by atoms with E-state index in [1.165, 1.54) is 5.39 Å². The van der Waals surface area contributed by atoms with Gasteiger partial charge in [-0.1, -0.05) is 55.4 Å². The van der Waals surface area contributed by atoms with Crippen LogP contribution in [0.15, 0.2) is 53.1 Å². The molecule has 0 N–H and O–H groups in total. The molecule has 0 aliphatic rings. The number of rotatable bonds is 4. The molecule has 0 aliphatic heterocycles. The fourth-order valence-corrected chi connectivity index (χ4v) is 2.68. The Morgan fingerprint density at radius 2 is 1.87 bits per heavy atom. The maximum absolute atomic E-state index is 12.3. The van der Waals surface area contributed by atoms with E-state index in [-0.39, 0.29) is 5.91 Å². The minimum Gasteiger partial charge on any atom is -0.355 e. The number of nitrogens with zero attached hydrogens (tertiary/aromatic N) is 2. The largest absolute Gasteiger partial charge is 0.355 e. The van der Waals surface area contributed by atoms with Crippen LogP contribution >= 0.6 is 0 Å². The predicted molar refractivity (Wildman–Crippen MR) is 91.2 cm³/mol. The first-order chi connectivity index (χ1) is 11.0. The molecule has 4 heteroatoms. The van der Waals surface area contributed by atoms with Gasteiger partial charge in [0.2, 0.25) is 0 Å². The highest BCUT2D eigenvalue weighted by molar-refractivity contribution is 5.93. The van der Waals surface area contributed by atoms with Gasteiger partial charge in [0.05, 0.1) is 0 Å². The van der Waals surface area contributed by atoms with Gasteiger partial charge in [-0.2, -0.15) is 0 Å². The number of amides is 1. The Bertz CT molecular complexity index is 836. The predicted octanol–water partition coefficient (Wildman–Crippen LogP) is 4.22. The number of hydrogen-bond donors (Lipinski definition) is 0. The van der Waals surface area contributed by atoms with Crippen molar-refractivity contribution in [2.45, 2.75) is 13.8 Å². The number of carbonyl (C=O) groups is 1. The quantitative estimate of drug-likeness (QED) is 0.725. The number of aromatic nitrogens is 1.